The van der Waals surface area contributed by atoms with E-state index in [0.717, 1.165) is 38.0 Å². The second-order valence-electron chi connectivity index (χ2n) is 4.71. The van der Waals surface area contributed by atoms with E-state index in [4.69, 9.17) is 0 Å². The molecule has 0 aromatic carbocycles. The molecule has 0 spiro atoms. The van der Waals surface area contributed by atoms with Gasteiger partial charge in [0.05, 0.1) is 0 Å². The molecule has 0 saturated carbocycles. The first-order chi connectivity index (χ1) is 8.81. The Morgan fingerprint density at radius 1 is 1.61 bits per heavy atom. The molecule has 1 aliphatic rings. The van der Waals surface area contributed by atoms with Gasteiger partial charge in [-0.25, -0.2) is 0 Å². The van der Waals surface area contributed by atoms with Gasteiger partial charge in [0.2, 0.25) is 5.91 Å². The molecule has 1 saturated heterocycles. The fourth-order valence-corrected chi connectivity index (χ4v) is 2.39. The van der Waals surface area contributed by atoms with E-state index in [9.17, 15) is 4.79 Å². The number of nitrogens with one attached hydrogen (secondary N) is 1. The van der Waals surface area contributed by atoms with Crippen molar-refractivity contribution < 1.29 is 4.79 Å². The summed E-state index contributed by atoms with van der Waals surface area (Å²) in [5.74, 6) is 0.271. The second-order valence-corrected chi connectivity index (χ2v) is 4.71. The molecule has 1 aromatic heterocycles. The Balaban J connectivity index is 1.87. The maximum atomic E-state index is 12.2. The van der Waals surface area contributed by atoms with Crippen molar-refractivity contribution in [2.75, 3.05) is 19.6 Å². The van der Waals surface area contributed by atoms with Gasteiger partial charge in [0, 0.05) is 44.5 Å². The van der Waals surface area contributed by atoms with Crippen LogP contribution in [0, 0.1) is 0 Å². The third kappa shape index (κ3) is 3.29. The Kier molecular flexibility index (Phi) is 4.70. The number of pyridine rings is 1. The molecule has 1 unspecified atom stereocenters. The minimum Gasteiger partial charge on any atom is -0.337 e. The summed E-state index contributed by atoms with van der Waals surface area (Å²) in [5, 5.41) is 3.34. The molecule has 0 aliphatic carbocycles. The quantitative estimate of drug-likeness (QED) is 0.870. The van der Waals surface area contributed by atoms with Gasteiger partial charge in [-0.2, -0.15) is 0 Å². The summed E-state index contributed by atoms with van der Waals surface area (Å²) in [6, 6.07) is 4.30. The molecule has 1 aliphatic heterocycles. The molecule has 2 rings (SSSR count). The van der Waals surface area contributed by atoms with Crippen molar-refractivity contribution in [2.24, 2.45) is 0 Å². The van der Waals surface area contributed by atoms with Crippen molar-refractivity contribution in [3.63, 3.8) is 0 Å². The number of nitrogens with zero attached hydrogens (tertiary/aromatic N) is 2. The van der Waals surface area contributed by atoms with Crippen molar-refractivity contribution in [1.29, 1.82) is 0 Å². The minimum absolute atomic E-state index is 0.271. The van der Waals surface area contributed by atoms with E-state index in [2.05, 4.69) is 17.2 Å². The number of hydrogen-bond acceptors (Lipinski definition) is 3. The average Bonchev–Trinajstić information content (AvgIpc) is 2.45. The Labute approximate surface area is 108 Å². The van der Waals surface area contributed by atoms with Crippen molar-refractivity contribution in [3.8, 4) is 0 Å². The van der Waals surface area contributed by atoms with Crippen LogP contribution in [0.15, 0.2) is 24.5 Å². The average molecular weight is 247 g/mol. The maximum Gasteiger partial charge on any atom is 0.223 e. The van der Waals surface area contributed by atoms with E-state index in [1.54, 1.807) is 6.20 Å². The SMILES string of the molecule is CCC1CNCCN1C(=O)CCc1cccnc1. The van der Waals surface area contributed by atoms with Crippen LogP contribution in [-0.2, 0) is 11.2 Å². The molecule has 1 N–H and O–H groups in total. The smallest absolute Gasteiger partial charge is 0.223 e. The largest absolute Gasteiger partial charge is 0.337 e. The topological polar surface area (TPSA) is 45.2 Å². The number of amides is 1. The third-order valence-electron chi connectivity index (χ3n) is 3.49. The van der Waals surface area contributed by atoms with Gasteiger partial charge in [0.15, 0.2) is 0 Å². The van der Waals surface area contributed by atoms with Crippen LogP contribution in [0.1, 0.15) is 25.3 Å². The lowest BCUT2D eigenvalue weighted by Crippen LogP contribution is -2.53. The Morgan fingerprint density at radius 3 is 3.22 bits per heavy atom. The predicted molar refractivity (Wildman–Crippen MR) is 71.2 cm³/mol. The molecule has 4 heteroatoms. The number of rotatable bonds is 4. The highest BCUT2D eigenvalue weighted by atomic mass is 16.2. The summed E-state index contributed by atoms with van der Waals surface area (Å²) < 4.78 is 0. The summed E-state index contributed by atoms with van der Waals surface area (Å²) in [4.78, 5) is 18.3. The van der Waals surface area contributed by atoms with Crippen LogP contribution >= 0.6 is 0 Å². The first-order valence-corrected chi connectivity index (χ1v) is 6.70. The maximum absolute atomic E-state index is 12.2. The molecular formula is C14H21N3O. The molecule has 1 fully saturated rings. The molecule has 0 radical (unpaired) electrons. The van der Waals surface area contributed by atoms with Crippen molar-refractivity contribution in [3.05, 3.63) is 30.1 Å². The normalized spacial score (nSPS) is 19.8. The van der Waals surface area contributed by atoms with Crippen LogP contribution in [-0.4, -0.2) is 41.5 Å². The summed E-state index contributed by atoms with van der Waals surface area (Å²) in [7, 11) is 0. The highest BCUT2D eigenvalue weighted by molar-refractivity contribution is 5.77. The van der Waals surface area contributed by atoms with E-state index in [1.807, 2.05) is 23.2 Å². The highest BCUT2D eigenvalue weighted by Gasteiger charge is 2.24. The lowest BCUT2D eigenvalue weighted by molar-refractivity contribution is -0.134. The Hall–Kier alpha value is -1.42. The summed E-state index contributed by atoms with van der Waals surface area (Å²) >= 11 is 0. The van der Waals surface area contributed by atoms with Gasteiger partial charge in [-0.3, -0.25) is 9.78 Å². The molecule has 98 valence electrons. The van der Waals surface area contributed by atoms with Gasteiger partial charge in [-0.15, -0.1) is 0 Å². The van der Waals surface area contributed by atoms with Crippen molar-refractivity contribution in [2.45, 2.75) is 32.2 Å². The summed E-state index contributed by atoms with van der Waals surface area (Å²) in [5.41, 5.74) is 1.13. The Bertz CT molecular complexity index is 380. The van der Waals surface area contributed by atoms with Gasteiger partial charge < -0.3 is 10.2 Å². The Morgan fingerprint density at radius 2 is 2.50 bits per heavy atom. The molecule has 4 nitrogen and oxygen atoms in total. The van der Waals surface area contributed by atoms with Gasteiger partial charge in [-0.05, 0) is 24.5 Å². The first-order valence-electron chi connectivity index (χ1n) is 6.70. The second kappa shape index (κ2) is 6.50. The van der Waals surface area contributed by atoms with Crippen molar-refractivity contribution >= 4 is 5.91 Å². The van der Waals surface area contributed by atoms with Crippen LogP contribution < -0.4 is 5.32 Å². The van der Waals surface area contributed by atoms with Gasteiger partial charge in [0.1, 0.15) is 0 Å². The monoisotopic (exact) mass is 247 g/mol. The van der Waals surface area contributed by atoms with Crippen molar-refractivity contribution in [1.82, 2.24) is 15.2 Å². The lowest BCUT2D eigenvalue weighted by atomic mass is 10.1. The number of hydrogen-bond donors (Lipinski definition) is 1. The van der Waals surface area contributed by atoms with E-state index in [1.165, 1.54) is 0 Å². The van der Waals surface area contributed by atoms with E-state index in [-0.39, 0.29) is 5.91 Å². The first kappa shape index (κ1) is 13.0. The standard InChI is InChI=1S/C14H21N3O/c1-2-13-11-16-8-9-17(13)14(18)6-5-12-4-3-7-15-10-12/h3-4,7,10,13,16H,2,5-6,8-9,11H2,1H3. The molecule has 1 aromatic rings. The molecule has 1 atom stereocenters. The zero-order valence-corrected chi connectivity index (χ0v) is 10.9. The fraction of sp³-hybridized carbons (Fsp3) is 0.571. The molecule has 2 heterocycles. The van der Waals surface area contributed by atoms with Crippen LogP contribution in [0.5, 0.6) is 0 Å². The highest BCUT2D eigenvalue weighted by Crippen LogP contribution is 2.10. The molecule has 1 amide bonds. The van der Waals surface area contributed by atoms with E-state index >= 15 is 0 Å². The number of piperazine rings is 1. The summed E-state index contributed by atoms with van der Waals surface area (Å²) in [6.07, 6.45) is 5.98. The number of carbonyl (C=O) groups excluding carboxylic acids is 1. The third-order valence-corrected chi connectivity index (χ3v) is 3.49. The van der Waals surface area contributed by atoms with E-state index in [0.29, 0.717) is 12.5 Å². The minimum atomic E-state index is 0.271. The number of aryl methyl sites for hydroxylation is 1. The molecule has 18 heavy (non-hydrogen) atoms. The van der Waals surface area contributed by atoms with Crippen LogP contribution in [0.2, 0.25) is 0 Å². The van der Waals surface area contributed by atoms with Crippen LogP contribution in [0.25, 0.3) is 0 Å². The van der Waals surface area contributed by atoms with Gasteiger partial charge >= 0.3 is 0 Å². The predicted octanol–water partition coefficient (Wildman–Crippen LogP) is 1.22. The zero-order valence-electron chi connectivity index (χ0n) is 10.9. The number of carbonyl (C=O) groups is 1. The number of aromatic nitrogens is 1. The molecular weight excluding hydrogens is 226 g/mol. The molecule has 0 bridgehead atoms. The lowest BCUT2D eigenvalue weighted by Gasteiger charge is -2.35. The summed E-state index contributed by atoms with van der Waals surface area (Å²) in [6.45, 7) is 4.81. The van der Waals surface area contributed by atoms with Crippen LogP contribution in [0.4, 0.5) is 0 Å². The van der Waals surface area contributed by atoms with Crippen LogP contribution in [0.3, 0.4) is 0 Å². The van der Waals surface area contributed by atoms with Gasteiger partial charge in [0.25, 0.3) is 0 Å². The fourth-order valence-electron chi connectivity index (χ4n) is 2.39. The van der Waals surface area contributed by atoms with E-state index < -0.39 is 0 Å². The zero-order chi connectivity index (χ0) is 12.8. The van der Waals surface area contributed by atoms with Gasteiger partial charge in [-0.1, -0.05) is 13.0 Å².